The van der Waals surface area contributed by atoms with Crippen molar-refractivity contribution < 1.29 is 14.8 Å². The van der Waals surface area contributed by atoms with Crippen LogP contribution in [0.15, 0.2) is 54.7 Å². The molecular formula is C21H24N4O4. The summed E-state index contributed by atoms with van der Waals surface area (Å²) in [6.07, 6.45) is 1.23. The van der Waals surface area contributed by atoms with Gasteiger partial charge in [0.1, 0.15) is 18.5 Å². The summed E-state index contributed by atoms with van der Waals surface area (Å²) in [5.41, 5.74) is 3.64. The maximum Gasteiger partial charge on any atom is 0.269 e. The highest BCUT2D eigenvalue weighted by molar-refractivity contribution is 5.64. The first-order chi connectivity index (χ1) is 13.9. The number of nitrogens with zero attached hydrogens (tertiary/aromatic N) is 3. The molecule has 29 heavy (non-hydrogen) atoms. The predicted octanol–water partition coefficient (Wildman–Crippen LogP) is 2.83. The van der Waals surface area contributed by atoms with Crippen LogP contribution in [0.2, 0.25) is 0 Å². The third kappa shape index (κ3) is 5.63. The highest BCUT2D eigenvalue weighted by atomic mass is 16.6. The van der Waals surface area contributed by atoms with E-state index in [4.69, 9.17) is 4.74 Å². The normalized spacial score (nSPS) is 12.0. The van der Waals surface area contributed by atoms with Gasteiger partial charge in [0.2, 0.25) is 0 Å². The van der Waals surface area contributed by atoms with Crippen LogP contribution in [0.1, 0.15) is 11.1 Å². The number of benzene rings is 2. The number of non-ortho nitro benzene ring substituents is 1. The van der Waals surface area contributed by atoms with E-state index < -0.39 is 11.0 Å². The fraction of sp³-hybridized carbons (Fsp3) is 0.286. The number of nitro groups is 1. The zero-order valence-electron chi connectivity index (χ0n) is 16.4. The summed E-state index contributed by atoms with van der Waals surface area (Å²) >= 11 is 0. The van der Waals surface area contributed by atoms with E-state index in [0.29, 0.717) is 13.1 Å². The number of rotatable bonds is 9. The Labute approximate surface area is 168 Å². The Morgan fingerprint density at radius 1 is 1.28 bits per heavy atom. The SMILES string of the molecule is Cc1cccc(OCC(O)CNCc2cn(C)nc2-c2ccc([N+](=O)[O-])cc2)c1. The minimum Gasteiger partial charge on any atom is -0.491 e. The molecule has 2 aromatic carbocycles. The zero-order valence-corrected chi connectivity index (χ0v) is 16.4. The number of nitro benzene ring substituents is 1. The molecule has 0 radical (unpaired) electrons. The lowest BCUT2D eigenvalue weighted by atomic mass is 10.1. The van der Waals surface area contributed by atoms with Crippen molar-refractivity contribution >= 4 is 5.69 Å². The third-order valence-corrected chi connectivity index (χ3v) is 4.38. The maximum atomic E-state index is 10.8. The van der Waals surface area contributed by atoms with Gasteiger partial charge in [-0.2, -0.15) is 5.10 Å². The van der Waals surface area contributed by atoms with E-state index in [-0.39, 0.29) is 12.3 Å². The Bertz CT molecular complexity index is 969. The fourth-order valence-corrected chi connectivity index (χ4v) is 2.98. The van der Waals surface area contributed by atoms with Gasteiger partial charge < -0.3 is 15.2 Å². The van der Waals surface area contributed by atoms with Crippen LogP contribution in [0.4, 0.5) is 5.69 Å². The summed E-state index contributed by atoms with van der Waals surface area (Å²) in [6.45, 7) is 3.04. The molecule has 0 saturated heterocycles. The Morgan fingerprint density at radius 3 is 2.72 bits per heavy atom. The standard InChI is InChI=1S/C21H24N4O4/c1-15-4-3-5-20(10-15)29-14-19(26)12-22-11-17-13-24(2)23-21(17)16-6-8-18(9-7-16)25(27)28/h3-10,13,19,22,26H,11-12,14H2,1-2H3. The number of aromatic nitrogens is 2. The molecule has 0 amide bonds. The second-order valence-corrected chi connectivity index (χ2v) is 6.89. The number of aliphatic hydroxyl groups excluding tert-OH is 1. The van der Waals surface area contributed by atoms with Gasteiger partial charge in [0.05, 0.1) is 10.6 Å². The third-order valence-electron chi connectivity index (χ3n) is 4.38. The Kier molecular flexibility index (Phi) is 6.58. The van der Waals surface area contributed by atoms with Gasteiger partial charge in [-0.05, 0) is 36.8 Å². The van der Waals surface area contributed by atoms with Crippen molar-refractivity contribution in [1.29, 1.82) is 0 Å². The van der Waals surface area contributed by atoms with Crippen LogP contribution in [0, 0.1) is 17.0 Å². The summed E-state index contributed by atoms with van der Waals surface area (Å²) in [5.74, 6) is 0.733. The molecule has 8 nitrogen and oxygen atoms in total. The Morgan fingerprint density at radius 2 is 2.03 bits per heavy atom. The van der Waals surface area contributed by atoms with E-state index in [2.05, 4.69) is 10.4 Å². The first-order valence-corrected chi connectivity index (χ1v) is 9.28. The molecular weight excluding hydrogens is 372 g/mol. The number of nitrogens with one attached hydrogen (secondary N) is 1. The predicted molar refractivity (Wildman–Crippen MR) is 110 cm³/mol. The van der Waals surface area contributed by atoms with Crippen LogP contribution in [0.5, 0.6) is 5.75 Å². The zero-order chi connectivity index (χ0) is 20.8. The first kappa shape index (κ1) is 20.5. The summed E-state index contributed by atoms with van der Waals surface area (Å²) in [7, 11) is 1.82. The average Bonchev–Trinajstić information content (AvgIpc) is 3.07. The molecule has 0 saturated carbocycles. The minimum absolute atomic E-state index is 0.0427. The molecule has 3 aromatic rings. The highest BCUT2D eigenvalue weighted by Crippen LogP contribution is 2.24. The second-order valence-electron chi connectivity index (χ2n) is 6.89. The lowest BCUT2D eigenvalue weighted by Gasteiger charge is -2.13. The van der Waals surface area contributed by atoms with E-state index in [1.807, 2.05) is 44.4 Å². The number of aryl methyl sites for hydroxylation is 2. The summed E-state index contributed by atoms with van der Waals surface area (Å²) < 4.78 is 7.32. The fourth-order valence-electron chi connectivity index (χ4n) is 2.98. The molecule has 0 bridgehead atoms. The van der Waals surface area contributed by atoms with Crippen LogP contribution in [0.3, 0.4) is 0 Å². The monoisotopic (exact) mass is 396 g/mol. The summed E-state index contributed by atoms with van der Waals surface area (Å²) in [5, 5.41) is 28.7. The average molecular weight is 396 g/mol. The Balaban J connectivity index is 1.55. The van der Waals surface area contributed by atoms with Crippen LogP contribution in [0.25, 0.3) is 11.3 Å². The lowest BCUT2D eigenvalue weighted by molar-refractivity contribution is -0.384. The van der Waals surface area contributed by atoms with E-state index >= 15 is 0 Å². The van der Waals surface area contributed by atoms with Gasteiger partial charge in [-0.15, -0.1) is 0 Å². The molecule has 1 aromatic heterocycles. The quantitative estimate of drug-likeness (QED) is 0.426. The number of aliphatic hydroxyl groups is 1. The molecule has 0 aliphatic rings. The summed E-state index contributed by atoms with van der Waals surface area (Å²) in [6, 6.07) is 14.0. The lowest BCUT2D eigenvalue weighted by Crippen LogP contribution is -2.31. The molecule has 2 N–H and O–H groups in total. The molecule has 0 aliphatic heterocycles. The number of ether oxygens (including phenoxy) is 1. The molecule has 152 valence electrons. The van der Waals surface area contributed by atoms with Crippen molar-refractivity contribution in [3.05, 3.63) is 76.0 Å². The first-order valence-electron chi connectivity index (χ1n) is 9.28. The molecule has 3 rings (SSSR count). The Hall–Kier alpha value is -3.23. The maximum absolute atomic E-state index is 10.8. The molecule has 1 atom stereocenters. The molecule has 0 aliphatic carbocycles. The molecule has 0 fully saturated rings. The second kappa shape index (κ2) is 9.31. The van der Waals surface area contributed by atoms with Gasteiger partial charge in [0.25, 0.3) is 5.69 Å². The van der Waals surface area contributed by atoms with Gasteiger partial charge in [-0.1, -0.05) is 12.1 Å². The van der Waals surface area contributed by atoms with Gasteiger partial charge >= 0.3 is 0 Å². The number of hydrogen-bond donors (Lipinski definition) is 2. The molecule has 1 heterocycles. The van der Waals surface area contributed by atoms with Gasteiger partial charge in [-0.25, -0.2) is 0 Å². The van der Waals surface area contributed by atoms with Crippen molar-refractivity contribution in [1.82, 2.24) is 15.1 Å². The topological polar surface area (TPSA) is 102 Å². The minimum atomic E-state index is -0.657. The van der Waals surface area contributed by atoms with E-state index in [9.17, 15) is 15.2 Å². The van der Waals surface area contributed by atoms with Crippen molar-refractivity contribution in [2.75, 3.05) is 13.2 Å². The highest BCUT2D eigenvalue weighted by Gasteiger charge is 2.13. The number of hydrogen-bond acceptors (Lipinski definition) is 6. The van der Waals surface area contributed by atoms with Crippen LogP contribution in [-0.4, -0.2) is 39.1 Å². The smallest absolute Gasteiger partial charge is 0.269 e. The molecule has 0 spiro atoms. The van der Waals surface area contributed by atoms with Crippen molar-refractivity contribution in [3.63, 3.8) is 0 Å². The van der Waals surface area contributed by atoms with Crippen molar-refractivity contribution in [2.45, 2.75) is 19.6 Å². The van der Waals surface area contributed by atoms with Crippen LogP contribution < -0.4 is 10.1 Å². The molecule has 8 heteroatoms. The summed E-state index contributed by atoms with van der Waals surface area (Å²) in [4.78, 5) is 10.4. The van der Waals surface area contributed by atoms with Crippen LogP contribution in [-0.2, 0) is 13.6 Å². The van der Waals surface area contributed by atoms with Crippen molar-refractivity contribution in [2.24, 2.45) is 7.05 Å². The van der Waals surface area contributed by atoms with Crippen LogP contribution >= 0.6 is 0 Å². The largest absolute Gasteiger partial charge is 0.491 e. The van der Waals surface area contributed by atoms with Gasteiger partial charge in [0.15, 0.2) is 0 Å². The molecule has 1 unspecified atom stereocenters. The van der Waals surface area contributed by atoms with E-state index in [0.717, 1.165) is 28.1 Å². The van der Waals surface area contributed by atoms with E-state index in [1.54, 1.807) is 16.8 Å². The van der Waals surface area contributed by atoms with Crippen molar-refractivity contribution in [3.8, 4) is 17.0 Å². The van der Waals surface area contributed by atoms with E-state index in [1.165, 1.54) is 12.1 Å². The van der Waals surface area contributed by atoms with Gasteiger partial charge in [-0.3, -0.25) is 14.8 Å². The van der Waals surface area contributed by atoms with Gasteiger partial charge in [0, 0.05) is 49.6 Å².